The number of aromatic hydroxyl groups is 2. The van der Waals surface area contributed by atoms with Crippen LogP contribution in [0, 0.1) is 6.92 Å². The van der Waals surface area contributed by atoms with Gasteiger partial charge in [-0.25, -0.2) is 0 Å². The number of rotatable bonds is 3. The van der Waals surface area contributed by atoms with Gasteiger partial charge in [0.1, 0.15) is 11.4 Å². The molecule has 0 aliphatic rings. The lowest BCUT2D eigenvalue weighted by Crippen LogP contribution is -1.96. The van der Waals surface area contributed by atoms with Crippen LogP contribution in [-0.2, 0) is 6.42 Å². The van der Waals surface area contributed by atoms with Crippen LogP contribution in [0.1, 0.15) is 24.7 Å². The smallest absolute Gasteiger partial charge is 0.226 e. The summed E-state index contributed by atoms with van der Waals surface area (Å²) in [4.78, 5) is 8.01. The van der Waals surface area contributed by atoms with Gasteiger partial charge < -0.3 is 10.2 Å². The number of nitrogens with zero attached hydrogens (tertiary/aromatic N) is 2. The van der Waals surface area contributed by atoms with E-state index in [1.165, 1.54) is 0 Å². The average Bonchev–Trinajstić information content (AvgIpc) is 2.31. The summed E-state index contributed by atoms with van der Waals surface area (Å²) >= 11 is 0. The molecule has 0 fully saturated rings. The van der Waals surface area contributed by atoms with Crippen LogP contribution in [0.15, 0.2) is 24.3 Å². The summed E-state index contributed by atoms with van der Waals surface area (Å²) in [5, 5.41) is 19.8. The molecular weight excluding hydrogens is 228 g/mol. The Hall–Kier alpha value is -2.10. The standard InChI is InChI=1S/C14H16N2O2/c1-3-4-11-15-13(17)12(14(18)16-11)10-7-5-9(2)6-8-10/h5-8H,3-4H2,1-2H3,(H2,15,16,17,18). The summed E-state index contributed by atoms with van der Waals surface area (Å²) in [7, 11) is 0. The number of hydrogen-bond acceptors (Lipinski definition) is 4. The molecule has 1 heterocycles. The summed E-state index contributed by atoms with van der Waals surface area (Å²) in [5.41, 5.74) is 2.11. The predicted octanol–water partition coefficient (Wildman–Crippen LogP) is 2.82. The fourth-order valence-electron chi connectivity index (χ4n) is 1.80. The molecule has 0 aliphatic carbocycles. The van der Waals surface area contributed by atoms with Crippen molar-refractivity contribution < 1.29 is 10.2 Å². The van der Waals surface area contributed by atoms with Crippen LogP contribution in [-0.4, -0.2) is 20.2 Å². The van der Waals surface area contributed by atoms with E-state index in [0.717, 1.165) is 12.0 Å². The molecule has 0 aliphatic heterocycles. The maximum atomic E-state index is 9.91. The molecule has 0 bridgehead atoms. The Labute approximate surface area is 106 Å². The second-order valence-corrected chi connectivity index (χ2v) is 4.28. The third-order valence-corrected chi connectivity index (χ3v) is 2.73. The van der Waals surface area contributed by atoms with Gasteiger partial charge in [-0.15, -0.1) is 0 Å². The number of benzene rings is 1. The molecule has 1 aromatic carbocycles. The van der Waals surface area contributed by atoms with E-state index >= 15 is 0 Å². The van der Waals surface area contributed by atoms with Crippen molar-refractivity contribution in [1.82, 2.24) is 9.97 Å². The van der Waals surface area contributed by atoms with E-state index in [0.29, 0.717) is 17.8 Å². The zero-order valence-electron chi connectivity index (χ0n) is 10.5. The van der Waals surface area contributed by atoms with E-state index in [1.54, 1.807) is 0 Å². The number of hydrogen-bond donors (Lipinski definition) is 2. The summed E-state index contributed by atoms with van der Waals surface area (Å²) < 4.78 is 0. The van der Waals surface area contributed by atoms with Crippen LogP contribution < -0.4 is 0 Å². The van der Waals surface area contributed by atoms with Gasteiger partial charge in [-0.05, 0) is 18.9 Å². The van der Waals surface area contributed by atoms with E-state index < -0.39 is 0 Å². The predicted molar refractivity (Wildman–Crippen MR) is 69.5 cm³/mol. The van der Waals surface area contributed by atoms with Crippen LogP contribution in [0.3, 0.4) is 0 Å². The van der Waals surface area contributed by atoms with Crippen molar-refractivity contribution in [3.63, 3.8) is 0 Å². The first-order valence-electron chi connectivity index (χ1n) is 5.97. The maximum absolute atomic E-state index is 9.91. The molecule has 18 heavy (non-hydrogen) atoms. The fourth-order valence-corrected chi connectivity index (χ4v) is 1.80. The maximum Gasteiger partial charge on any atom is 0.226 e. The molecule has 0 spiro atoms. The summed E-state index contributed by atoms with van der Waals surface area (Å²) in [6.07, 6.45) is 1.50. The third kappa shape index (κ3) is 2.42. The largest absolute Gasteiger partial charge is 0.493 e. The first-order valence-corrected chi connectivity index (χ1v) is 5.97. The number of aromatic nitrogens is 2. The average molecular weight is 244 g/mol. The molecule has 0 atom stereocenters. The third-order valence-electron chi connectivity index (χ3n) is 2.73. The van der Waals surface area contributed by atoms with Crippen LogP contribution in [0.25, 0.3) is 11.1 Å². The van der Waals surface area contributed by atoms with E-state index in [4.69, 9.17) is 0 Å². The molecule has 0 unspecified atom stereocenters. The molecular formula is C14H16N2O2. The second kappa shape index (κ2) is 5.04. The zero-order valence-corrected chi connectivity index (χ0v) is 10.5. The van der Waals surface area contributed by atoms with Gasteiger partial charge in [0.05, 0.1) is 0 Å². The van der Waals surface area contributed by atoms with Crippen molar-refractivity contribution >= 4 is 0 Å². The van der Waals surface area contributed by atoms with Crippen LogP contribution in [0.5, 0.6) is 11.8 Å². The van der Waals surface area contributed by atoms with Gasteiger partial charge in [-0.3, -0.25) is 0 Å². The summed E-state index contributed by atoms with van der Waals surface area (Å²) in [6.45, 7) is 3.97. The molecule has 1 aromatic heterocycles. The molecule has 2 N–H and O–H groups in total. The molecule has 2 aromatic rings. The SMILES string of the molecule is CCCc1nc(O)c(-c2ccc(C)cc2)c(O)n1. The van der Waals surface area contributed by atoms with Crippen LogP contribution >= 0.6 is 0 Å². The Balaban J connectivity index is 2.48. The zero-order chi connectivity index (χ0) is 13.1. The van der Waals surface area contributed by atoms with E-state index in [-0.39, 0.29) is 17.3 Å². The second-order valence-electron chi connectivity index (χ2n) is 4.28. The highest BCUT2D eigenvalue weighted by Crippen LogP contribution is 2.34. The van der Waals surface area contributed by atoms with Crippen LogP contribution in [0.4, 0.5) is 0 Å². The normalized spacial score (nSPS) is 10.6. The summed E-state index contributed by atoms with van der Waals surface area (Å²) in [5.74, 6) is 0.118. The Kier molecular flexibility index (Phi) is 3.46. The minimum atomic E-state index is -0.171. The number of aryl methyl sites for hydroxylation is 2. The highest BCUT2D eigenvalue weighted by Gasteiger charge is 2.14. The Morgan fingerprint density at radius 2 is 1.56 bits per heavy atom. The molecule has 94 valence electrons. The van der Waals surface area contributed by atoms with E-state index in [1.807, 2.05) is 38.1 Å². The quantitative estimate of drug-likeness (QED) is 0.871. The van der Waals surface area contributed by atoms with Crippen molar-refractivity contribution in [3.8, 4) is 22.9 Å². The molecule has 0 amide bonds. The molecule has 4 nitrogen and oxygen atoms in total. The van der Waals surface area contributed by atoms with Gasteiger partial charge >= 0.3 is 0 Å². The molecule has 0 radical (unpaired) electrons. The first kappa shape index (κ1) is 12.4. The minimum absolute atomic E-state index is 0.171. The van der Waals surface area contributed by atoms with Gasteiger partial charge in [-0.1, -0.05) is 36.8 Å². The van der Waals surface area contributed by atoms with Gasteiger partial charge in [0.15, 0.2) is 0 Å². The van der Waals surface area contributed by atoms with Crippen molar-refractivity contribution in [2.75, 3.05) is 0 Å². The van der Waals surface area contributed by atoms with E-state index in [9.17, 15) is 10.2 Å². The van der Waals surface area contributed by atoms with E-state index in [2.05, 4.69) is 9.97 Å². The lowest BCUT2D eigenvalue weighted by molar-refractivity contribution is 0.420. The Morgan fingerprint density at radius 1 is 1.00 bits per heavy atom. The monoisotopic (exact) mass is 244 g/mol. The van der Waals surface area contributed by atoms with Gasteiger partial charge in [0, 0.05) is 6.42 Å². The Morgan fingerprint density at radius 3 is 2.06 bits per heavy atom. The summed E-state index contributed by atoms with van der Waals surface area (Å²) in [6, 6.07) is 7.47. The Bertz CT molecular complexity index is 527. The van der Waals surface area contributed by atoms with Crippen molar-refractivity contribution in [3.05, 3.63) is 35.7 Å². The topological polar surface area (TPSA) is 66.2 Å². The van der Waals surface area contributed by atoms with Gasteiger partial charge in [-0.2, -0.15) is 9.97 Å². The van der Waals surface area contributed by atoms with Crippen molar-refractivity contribution in [1.29, 1.82) is 0 Å². The van der Waals surface area contributed by atoms with Gasteiger partial charge in [0.2, 0.25) is 11.8 Å². The molecule has 0 saturated carbocycles. The highest BCUT2D eigenvalue weighted by molar-refractivity contribution is 5.72. The van der Waals surface area contributed by atoms with Crippen LogP contribution in [0.2, 0.25) is 0 Å². The lowest BCUT2D eigenvalue weighted by atomic mass is 10.1. The van der Waals surface area contributed by atoms with Gasteiger partial charge in [0.25, 0.3) is 0 Å². The van der Waals surface area contributed by atoms with Crippen molar-refractivity contribution in [2.45, 2.75) is 26.7 Å². The molecule has 0 saturated heterocycles. The molecule has 2 rings (SSSR count). The fraction of sp³-hybridized carbons (Fsp3) is 0.286. The molecule has 4 heteroatoms. The minimum Gasteiger partial charge on any atom is -0.493 e. The first-order chi connectivity index (χ1) is 8.61. The highest BCUT2D eigenvalue weighted by atomic mass is 16.3. The van der Waals surface area contributed by atoms with Crippen molar-refractivity contribution in [2.24, 2.45) is 0 Å². The lowest BCUT2D eigenvalue weighted by Gasteiger charge is -2.08.